The summed E-state index contributed by atoms with van der Waals surface area (Å²) >= 11 is 0. The molecule has 0 unspecified atom stereocenters. The lowest BCUT2D eigenvalue weighted by atomic mass is 10.3. The number of aromatic nitrogens is 2. The zero-order valence-electron chi connectivity index (χ0n) is 5.41. The van der Waals surface area contributed by atoms with Gasteiger partial charge in [0.05, 0.1) is 0 Å². The second-order valence-corrected chi connectivity index (χ2v) is 1.84. The molecule has 0 aromatic carbocycles. The molecule has 0 bridgehead atoms. The van der Waals surface area contributed by atoms with Crippen molar-refractivity contribution in [3.8, 4) is 0 Å². The number of nitrogen functional groups attached to an aromatic ring is 2. The van der Waals surface area contributed by atoms with Crippen molar-refractivity contribution in [3.05, 3.63) is 11.8 Å². The van der Waals surface area contributed by atoms with Gasteiger partial charge in [-0.3, -0.25) is 0 Å². The maximum atomic E-state index is 5.42. The summed E-state index contributed by atoms with van der Waals surface area (Å²) in [5, 5.41) is 0. The van der Waals surface area contributed by atoms with Gasteiger partial charge >= 0.3 is 0 Å². The molecule has 0 aliphatic carbocycles. The highest BCUT2D eigenvalue weighted by Crippen LogP contribution is 2.05. The van der Waals surface area contributed by atoms with E-state index in [-0.39, 0.29) is 5.95 Å². The summed E-state index contributed by atoms with van der Waals surface area (Å²) in [4.78, 5) is 7.43. The van der Waals surface area contributed by atoms with Crippen LogP contribution >= 0.6 is 0 Å². The van der Waals surface area contributed by atoms with E-state index in [1.54, 1.807) is 0 Å². The van der Waals surface area contributed by atoms with E-state index < -0.39 is 0 Å². The van der Waals surface area contributed by atoms with Crippen LogP contribution < -0.4 is 17.2 Å². The van der Waals surface area contributed by atoms with Gasteiger partial charge in [0.15, 0.2) is 0 Å². The zero-order chi connectivity index (χ0) is 7.56. The molecule has 10 heavy (non-hydrogen) atoms. The first-order valence-electron chi connectivity index (χ1n) is 2.81. The van der Waals surface area contributed by atoms with E-state index in [1.807, 2.05) is 0 Å². The van der Waals surface area contributed by atoms with E-state index >= 15 is 0 Å². The molecule has 5 nitrogen and oxygen atoms in total. The topological polar surface area (TPSA) is 104 Å². The van der Waals surface area contributed by atoms with Crippen LogP contribution in [0, 0.1) is 0 Å². The summed E-state index contributed by atoms with van der Waals surface area (Å²) in [6.45, 7) is 0.339. The molecular formula is C5H9N5. The lowest BCUT2D eigenvalue weighted by Crippen LogP contribution is -2.06. The number of nitrogens with zero attached hydrogens (tertiary/aromatic N) is 2. The summed E-state index contributed by atoms with van der Waals surface area (Å²) in [5.41, 5.74) is 16.7. The van der Waals surface area contributed by atoms with Crippen LogP contribution in [0.4, 0.5) is 11.8 Å². The Morgan fingerprint density at radius 3 is 2.60 bits per heavy atom. The van der Waals surface area contributed by atoms with Crippen LogP contribution in [-0.2, 0) is 6.54 Å². The van der Waals surface area contributed by atoms with E-state index in [1.165, 1.54) is 6.20 Å². The lowest BCUT2D eigenvalue weighted by molar-refractivity contribution is 1.02. The molecule has 1 aromatic rings. The number of nitrogens with two attached hydrogens (primary N) is 3. The van der Waals surface area contributed by atoms with E-state index in [0.717, 1.165) is 0 Å². The summed E-state index contributed by atoms with van der Waals surface area (Å²) < 4.78 is 0. The van der Waals surface area contributed by atoms with Crippen molar-refractivity contribution in [1.82, 2.24) is 9.97 Å². The van der Waals surface area contributed by atoms with Crippen LogP contribution in [0.25, 0.3) is 0 Å². The molecular weight excluding hydrogens is 130 g/mol. The first-order valence-corrected chi connectivity index (χ1v) is 2.81. The third kappa shape index (κ3) is 1.14. The molecule has 6 N–H and O–H groups in total. The molecule has 0 saturated carbocycles. The Morgan fingerprint density at radius 2 is 2.10 bits per heavy atom. The van der Waals surface area contributed by atoms with Crippen LogP contribution in [0.5, 0.6) is 0 Å². The highest BCUT2D eigenvalue weighted by molar-refractivity contribution is 5.40. The Morgan fingerprint density at radius 1 is 1.40 bits per heavy atom. The number of rotatable bonds is 1. The normalized spacial score (nSPS) is 9.70. The monoisotopic (exact) mass is 139 g/mol. The van der Waals surface area contributed by atoms with Crippen LogP contribution in [0.2, 0.25) is 0 Å². The van der Waals surface area contributed by atoms with Gasteiger partial charge in [-0.25, -0.2) is 4.98 Å². The number of hydrogen-bond acceptors (Lipinski definition) is 5. The lowest BCUT2D eigenvalue weighted by Gasteiger charge is -1.99. The first kappa shape index (κ1) is 6.76. The van der Waals surface area contributed by atoms with Gasteiger partial charge in [-0.1, -0.05) is 0 Å². The Labute approximate surface area is 58.3 Å². The molecule has 54 valence electrons. The molecule has 1 rings (SSSR count). The van der Waals surface area contributed by atoms with Crippen molar-refractivity contribution in [3.63, 3.8) is 0 Å². The fourth-order valence-electron chi connectivity index (χ4n) is 0.592. The Kier molecular flexibility index (Phi) is 1.68. The highest BCUT2D eigenvalue weighted by Gasteiger charge is 1.97. The van der Waals surface area contributed by atoms with Crippen molar-refractivity contribution >= 4 is 11.8 Å². The Balaban J connectivity index is 3.07. The quantitative estimate of drug-likeness (QED) is 0.467. The van der Waals surface area contributed by atoms with Crippen LogP contribution in [0.1, 0.15) is 5.56 Å². The third-order valence-corrected chi connectivity index (χ3v) is 1.14. The van der Waals surface area contributed by atoms with E-state index in [0.29, 0.717) is 17.9 Å². The molecule has 0 fully saturated rings. The van der Waals surface area contributed by atoms with Gasteiger partial charge in [0.25, 0.3) is 0 Å². The summed E-state index contributed by atoms with van der Waals surface area (Å²) in [5.74, 6) is 0.532. The van der Waals surface area contributed by atoms with Gasteiger partial charge in [0.1, 0.15) is 5.82 Å². The van der Waals surface area contributed by atoms with Crippen molar-refractivity contribution in [1.29, 1.82) is 0 Å². The van der Waals surface area contributed by atoms with E-state index in [4.69, 9.17) is 17.2 Å². The first-order chi connectivity index (χ1) is 4.74. The maximum Gasteiger partial charge on any atom is 0.221 e. The molecule has 1 aromatic heterocycles. The minimum absolute atomic E-state index is 0.176. The van der Waals surface area contributed by atoms with Gasteiger partial charge < -0.3 is 17.2 Å². The number of anilines is 2. The van der Waals surface area contributed by atoms with Crippen molar-refractivity contribution < 1.29 is 0 Å². The van der Waals surface area contributed by atoms with Crippen molar-refractivity contribution in [2.75, 3.05) is 11.5 Å². The predicted molar refractivity (Wildman–Crippen MR) is 38.7 cm³/mol. The largest absolute Gasteiger partial charge is 0.383 e. The van der Waals surface area contributed by atoms with Crippen LogP contribution in [-0.4, -0.2) is 9.97 Å². The van der Waals surface area contributed by atoms with Crippen LogP contribution in [0.3, 0.4) is 0 Å². The van der Waals surface area contributed by atoms with E-state index in [9.17, 15) is 0 Å². The molecule has 0 saturated heterocycles. The predicted octanol–water partition coefficient (Wildman–Crippen LogP) is -0.900. The van der Waals surface area contributed by atoms with Gasteiger partial charge in [-0.2, -0.15) is 4.98 Å². The third-order valence-electron chi connectivity index (χ3n) is 1.14. The summed E-state index contributed by atoms with van der Waals surface area (Å²) in [6, 6.07) is 0. The standard InChI is InChI=1S/C5H9N5/c6-1-3-2-9-5(8)10-4(3)7/h2H,1,6H2,(H4,7,8,9,10). The van der Waals surface area contributed by atoms with Gasteiger partial charge in [0.2, 0.25) is 5.95 Å². The smallest absolute Gasteiger partial charge is 0.221 e. The maximum absolute atomic E-state index is 5.42. The molecule has 0 aliphatic rings. The molecule has 0 atom stereocenters. The second kappa shape index (κ2) is 2.49. The summed E-state index contributed by atoms with van der Waals surface area (Å²) in [7, 11) is 0. The van der Waals surface area contributed by atoms with Crippen LogP contribution in [0.15, 0.2) is 6.20 Å². The molecule has 1 heterocycles. The molecule has 0 radical (unpaired) electrons. The minimum Gasteiger partial charge on any atom is -0.383 e. The average molecular weight is 139 g/mol. The van der Waals surface area contributed by atoms with Gasteiger partial charge in [0, 0.05) is 18.3 Å². The average Bonchev–Trinajstić information content (AvgIpc) is 1.88. The Bertz CT molecular complexity index is 233. The van der Waals surface area contributed by atoms with E-state index in [2.05, 4.69) is 9.97 Å². The molecule has 0 spiro atoms. The Hall–Kier alpha value is -1.36. The fourth-order valence-corrected chi connectivity index (χ4v) is 0.592. The number of hydrogen-bond donors (Lipinski definition) is 3. The second-order valence-electron chi connectivity index (χ2n) is 1.84. The zero-order valence-corrected chi connectivity index (χ0v) is 5.41. The fraction of sp³-hybridized carbons (Fsp3) is 0.200. The van der Waals surface area contributed by atoms with Gasteiger partial charge in [-0.15, -0.1) is 0 Å². The molecule has 0 amide bonds. The highest BCUT2D eigenvalue weighted by atomic mass is 15.0. The summed E-state index contributed by atoms with van der Waals surface area (Å²) in [6.07, 6.45) is 1.53. The van der Waals surface area contributed by atoms with Crippen molar-refractivity contribution in [2.24, 2.45) is 5.73 Å². The minimum atomic E-state index is 0.176. The SMILES string of the molecule is NCc1cnc(N)nc1N. The molecule has 5 heteroatoms. The van der Waals surface area contributed by atoms with Gasteiger partial charge in [-0.05, 0) is 0 Å². The molecule has 0 aliphatic heterocycles. The van der Waals surface area contributed by atoms with Crippen molar-refractivity contribution in [2.45, 2.75) is 6.54 Å².